The number of hydrogen-bond donors (Lipinski definition) is 2. The van der Waals surface area contributed by atoms with Crippen molar-refractivity contribution in [3.05, 3.63) is 58.8 Å². The van der Waals surface area contributed by atoms with E-state index in [0.717, 1.165) is 20.9 Å². The van der Waals surface area contributed by atoms with Crippen LogP contribution >= 0.6 is 15.9 Å². The number of carbonyl (C=O) groups is 1. The Morgan fingerprint density at radius 3 is 2.90 bits per heavy atom. The van der Waals surface area contributed by atoms with E-state index in [1.165, 1.54) is 0 Å². The van der Waals surface area contributed by atoms with Crippen LogP contribution in [0.15, 0.2) is 53.3 Å². The Hall–Kier alpha value is -2.14. The minimum atomic E-state index is -0.0791. The number of nitrogens with zero attached hydrogens (tertiary/aromatic N) is 1. The van der Waals surface area contributed by atoms with Gasteiger partial charge in [-0.05, 0) is 39.7 Å². The maximum absolute atomic E-state index is 12.0. The molecule has 1 amide bonds. The van der Waals surface area contributed by atoms with Gasteiger partial charge in [0.25, 0.3) is 0 Å². The molecule has 0 aliphatic carbocycles. The molecule has 0 saturated heterocycles. The standard InChI is InChI=1S/C15H12BrN3O/c16-11-5-6-14(18-9-11)19-15(20)7-10-8-17-13-4-2-1-3-12(10)13/h1-6,8-9,17H,7H2,(H,18,19,20). The number of pyridine rings is 1. The van der Waals surface area contributed by atoms with E-state index in [-0.39, 0.29) is 5.91 Å². The molecule has 2 heterocycles. The lowest BCUT2D eigenvalue weighted by Gasteiger charge is -2.03. The van der Waals surface area contributed by atoms with Crippen LogP contribution < -0.4 is 5.32 Å². The smallest absolute Gasteiger partial charge is 0.230 e. The summed E-state index contributed by atoms with van der Waals surface area (Å²) in [6.45, 7) is 0. The summed E-state index contributed by atoms with van der Waals surface area (Å²) in [5.74, 6) is 0.475. The van der Waals surface area contributed by atoms with Gasteiger partial charge >= 0.3 is 0 Å². The Morgan fingerprint density at radius 1 is 1.25 bits per heavy atom. The highest BCUT2D eigenvalue weighted by Crippen LogP contribution is 2.18. The number of H-pyrrole nitrogens is 1. The number of benzene rings is 1. The van der Waals surface area contributed by atoms with Crippen LogP contribution in [0.25, 0.3) is 10.9 Å². The normalized spacial score (nSPS) is 10.7. The minimum Gasteiger partial charge on any atom is -0.361 e. The first-order valence-corrected chi connectivity index (χ1v) is 6.98. The van der Waals surface area contributed by atoms with Gasteiger partial charge in [0.1, 0.15) is 5.82 Å². The summed E-state index contributed by atoms with van der Waals surface area (Å²) in [4.78, 5) is 19.3. The van der Waals surface area contributed by atoms with Crippen molar-refractivity contribution >= 4 is 38.6 Å². The molecule has 0 saturated carbocycles. The monoisotopic (exact) mass is 329 g/mol. The van der Waals surface area contributed by atoms with Crippen molar-refractivity contribution in [1.82, 2.24) is 9.97 Å². The SMILES string of the molecule is O=C(Cc1c[nH]c2ccccc12)Nc1ccc(Br)cn1. The average molecular weight is 330 g/mol. The van der Waals surface area contributed by atoms with Gasteiger partial charge in [-0.15, -0.1) is 0 Å². The second-order valence-electron chi connectivity index (χ2n) is 4.45. The van der Waals surface area contributed by atoms with Gasteiger partial charge in [0, 0.05) is 27.8 Å². The summed E-state index contributed by atoms with van der Waals surface area (Å²) in [5.41, 5.74) is 2.02. The third kappa shape index (κ3) is 2.72. The maximum atomic E-state index is 12.0. The number of rotatable bonds is 3. The average Bonchev–Trinajstić information content (AvgIpc) is 2.85. The molecule has 100 valence electrons. The van der Waals surface area contributed by atoms with Crippen LogP contribution in [-0.2, 0) is 11.2 Å². The molecule has 3 rings (SSSR count). The number of amides is 1. The van der Waals surface area contributed by atoms with Crippen molar-refractivity contribution in [2.75, 3.05) is 5.32 Å². The van der Waals surface area contributed by atoms with E-state index < -0.39 is 0 Å². The van der Waals surface area contributed by atoms with Crippen LogP contribution in [0.2, 0.25) is 0 Å². The van der Waals surface area contributed by atoms with Gasteiger partial charge in [0.2, 0.25) is 5.91 Å². The lowest BCUT2D eigenvalue weighted by molar-refractivity contribution is -0.115. The third-order valence-electron chi connectivity index (χ3n) is 3.02. The lowest BCUT2D eigenvalue weighted by Crippen LogP contribution is -2.14. The molecule has 5 heteroatoms. The highest BCUT2D eigenvalue weighted by atomic mass is 79.9. The van der Waals surface area contributed by atoms with Gasteiger partial charge in [-0.1, -0.05) is 18.2 Å². The van der Waals surface area contributed by atoms with E-state index in [9.17, 15) is 4.79 Å². The van der Waals surface area contributed by atoms with Gasteiger partial charge in [-0.2, -0.15) is 0 Å². The first kappa shape index (κ1) is 12.9. The van der Waals surface area contributed by atoms with Crippen molar-refractivity contribution in [3.8, 4) is 0 Å². The van der Waals surface area contributed by atoms with Crippen molar-refractivity contribution in [1.29, 1.82) is 0 Å². The molecule has 2 aromatic heterocycles. The molecule has 0 fully saturated rings. The Kier molecular flexibility index (Phi) is 3.52. The molecule has 1 aromatic carbocycles. The molecule has 4 nitrogen and oxygen atoms in total. The predicted molar refractivity (Wildman–Crippen MR) is 82.6 cm³/mol. The molecule has 20 heavy (non-hydrogen) atoms. The van der Waals surface area contributed by atoms with Crippen LogP contribution in [0.4, 0.5) is 5.82 Å². The predicted octanol–water partition coefficient (Wildman–Crippen LogP) is 3.51. The molecule has 0 bridgehead atoms. The van der Waals surface area contributed by atoms with E-state index in [1.807, 2.05) is 36.5 Å². The van der Waals surface area contributed by atoms with E-state index >= 15 is 0 Å². The Bertz CT molecular complexity index is 749. The molecule has 0 atom stereocenters. The van der Waals surface area contributed by atoms with Crippen LogP contribution in [0.3, 0.4) is 0 Å². The van der Waals surface area contributed by atoms with Crippen molar-refractivity contribution in [3.63, 3.8) is 0 Å². The Balaban J connectivity index is 1.74. The number of nitrogens with one attached hydrogen (secondary N) is 2. The Morgan fingerprint density at radius 2 is 2.10 bits per heavy atom. The number of aromatic amines is 1. The minimum absolute atomic E-state index is 0.0791. The number of carbonyl (C=O) groups excluding carboxylic acids is 1. The molecule has 0 radical (unpaired) electrons. The summed E-state index contributed by atoms with van der Waals surface area (Å²) >= 11 is 3.31. The van der Waals surface area contributed by atoms with Crippen LogP contribution in [0.5, 0.6) is 0 Å². The van der Waals surface area contributed by atoms with Gasteiger partial charge in [0.05, 0.1) is 6.42 Å². The second-order valence-corrected chi connectivity index (χ2v) is 5.36. The number of aromatic nitrogens is 2. The third-order valence-corrected chi connectivity index (χ3v) is 3.49. The molecular weight excluding hydrogens is 318 g/mol. The number of fused-ring (bicyclic) bond motifs is 1. The molecule has 2 N–H and O–H groups in total. The topological polar surface area (TPSA) is 57.8 Å². The van der Waals surface area contributed by atoms with Crippen molar-refractivity contribution in [2.45, 2.75) is 6.42 Å². The number of para-hydroxylation sites is 1. The highest BCUT2D eigenvalue weighted by molar-refractivity contribution is 9.10. The highest BCUT2D eigenvalue weighted by Gasteiger charge is 2.09. The molecule has 0 aliphatic rings. The summed E-state index contributed by atoms with van der Waals surface area (Å²) < 4.78 is 0.882. The Labute approximate surface area is 124 Å². The maximum Gasteiger partial charge on any atom is 0.230 e. The van der Waals surface area contributed by atoms with E-state index in [1.54, 1.807) is 12.3 Å². The van der Waals surface area contributed by atoms with Gasteiger partial charge in [0.15, 0.2) is 0 Å². The quantitative estimate of drug-likeness (QED) is 0.772. The summed E-state index contributed by atoms with van der Waals surface area (Å²) in [6, 6.07) is 11.5. The first-order chi connectivity index (χ1) is 9.72. The van der Waals surface area contributed by atoms with Gasteiger partial charge in [-0.3, -0.25) is 4.79 Å². The molecule has 3 aromatic rings. The fourth-order valence-corrected chi connectivity index (χ4v) is 2.32. The fourth-order valence-electron chi connectivity index (χ4n) is 2.09. The molecule has 0 unspecified atom stereocenters. The fraction of sp³-hybridized carbons (Fsp3) is 0.0667. The largest absolute Gasteiger partial charge is 0.361 e. The van der Waals surface area contributed by atoms with Crippen LogP contribution in [-0.4, -0.2) is 15.9 Å². The van der Waals surface area contributed by atoms with Gasteiger partial charge < -0.3 is 10.3 Å². The van der Waals surface area contributed by atoms with E-state index in [2.05, 4.69) is 31.2 Å². The molecule has 0 spiro atoms. The van der Waals surface area contributed by atoms with Crippen LogP contribution in [0.1, 0.15) is 5.56 Å². The zero-order valence-electron chi connectivity index (χ0n) is 10.6. The van der Waals surface area contributed by atoms with Crippen molar-refractivity contribution < 1.29 is 4.79 Å². The zero-order chi connectivity index (χ0) is 13.9. The number of hydrogen-bond acceptors (Lipinski definition) is 2. The van der Waals surface area contributed by atoms with Gasteiger partial charge in [-0.25, -0.2) is 4.98 Å². The first-order valence-electron chi connectivity index (χ1n) is 6.19. The lowest BCUT2D eigenvalue weighted by atomic mass is 10.1. The second kappa shape index (κ2) is 5.46. The molecular formula is C15H12BrN3O. The zero-order valence-corrected chi connectivity index (χ0v) is 12.1. The van der Waals surface area contributed by atoms with Crippen LogP contribution in [0, 0.1) is 0 Å². The number of halogens is 1. The summed E-state index contributed by atoms with van der Waals surface area (Å²) in [7, 11) is 0. The summed E-state index contributed by atoms with van der Waals surface area (Å²) in [6.07, 6.45) is 3.85. The van der Waals surface area contributed by atoms with E-state index in [0.29, 0.717) is 12.2 Å². The summed E-state index contributed by atoms with van der Waals surface area (Å²) in [5, 5.41) is 3.86. The number of anilines is 1. The van der Waals surface area contributed by atoms with Crippen molar-refractivity contribution in [2.24, 2.45) is 0 Å². The molecule has 0 aliphatic heterocycles. The van der Waals surface area contributed by atoms with E-state index in [4.69, 9.17) is 0 Å².